The molecule has 1 aromatic heterocycles. The fourth-order valence-electron chi connectivity index (χ4n) is 4.94. The number of carbonyl (C=O) groups is 2. The molecule has 1 aliphatic carbocycles. The number of carbonyl (C=O) groups excluding carboxylic acids is 2. The molecule has 0 radical (unpaired) electrons. The van der Waals surface area contributed by atoms with Crippen molar-refractivity contribution in [3.8, 4) is 0 Å². The van der Waals surface area contributed by atoms with E-state index in [4.69, 9.17) is 4.98 Å². The van der Waals surface area contributed by atoms with E-state index in [1.807, 2.05) is 54.0 Å². The number of fused-ring (bicyclic) bond motifs is 1. The van der Waals surface area contributed by atoms with Crippen LogP contribution in [0.4, 0.5) is 0 Å². The van der Waals surface area contributed by atoms with Gasteiger partial charge in [-0.05, 0) is 37.0 Å². The number of nitrogens with zero attached hydrogens (tertiary/aromatic N) is 3. The summed E-state index contributed by atoms with van der Waals surface area (Å²) in [7, 11) is 0. The number of amides is 2. The van der Waals surface area contributed by atoms with Crippen molar-refractivity contribution in [3.05, 3.63) is 66.0 Å². The van der Waals surface area contributed by atoms with Gasteiger partial charge in [0.2, 0.25) is 11.8 Å². The van der Waals surface area contributed by atoms with Crippen LogP contribution < -0.4 is 5.32 Å². The van der Waals surface area contributed by atoms with E-state index >= 15 is 0 Å². The molecule has 4 rings (SSSR count). The van der Waals surface area contributed by atoms with E-state index in [-0.39, 0.29) is 24.4 Å². The normalized spacial score (nSPS) is 14.3. The molecule has 2 aromatic carbocycles. The van der Waals surface area contributed by atoms with Gasteiger partial charge in [0.15, 0.2) is 0 Å². The molecule has 1 N–H and O–H groups in total. The first-order valence-electron chi connectivity index (χ1n) is 12.7. The van der Waals surface area contributed by atoms with E-state index in [1.54, 1.807) is 0 Å². The van der Waals surface area contributed by atoms with Crippen LogP contribution in [-0.2, 0) is 29.1 Å². The molecule has 1 saturated carbocycles. The topological polar surface area (TPSA) is 67.2 Å². The van der Waals surface area contributed by atoms with Gasteiger partial charge < -0.3 is 14.8 Å². The van der Waals surface area contributed by atoms with E-state index in [2.05, 4.69) is 22.3 Å². The summed E-state index contributed by atoms with van der Waals surface area (Å²) in [5, 5.41) is 2.98. The molecule has 1 heterocycles. The smallest absolute Gasteiger partial charge is 0.243 e. The number of aromatic nitrogens is 2. The molecule has 0 saturated heterocycles. The lowest BCUT2D eigenvalue weighted by atomic mass is 9.93. The third kappa shape index (κ3) is 6.04. The van der Waals surface area contributed by atoms with Gasteiger partial charge in [-0.2, -0.15) is 0 Å². The van der Waals surface area contributed by atoms with Gasteiger partial charge in [-0.15, -0.1) is 0 Å². The fourth-order valence-corrected chi connectivity index (χ4v) is 4.94. The van der Waals surface area contributed by atoms with Crippen LogP contribution in [0.15, 0.2) is 54.6 Å². The molecule has 2 amide bonds. The first-order chi connectivity index (χ1) is 16.7. The lowest BCUT2D eigenvalue weighted by Gasteiger charge is -2.35. The zero-order valence-electron chi connectivity index (χ0n) is 20.2. The van der Waals surface area contributed by atoms with Crippen molar-refractivity contribution in [2.24, 2.45) is 0 Å². The predicted molar refractivity (Wildman–Crippen MR) is 135 cm³/mol. The highest BCUT2D eigenvalue weighted by Gasteiger charge is 2.26. The Morgan fingerprint density at radius 1 is 1.03 bits per heavy atom. The quantitative estimate of drug-likeness (QED) is 0.470. The van der Waals surface area contributed by atoms with Gasteiger partial charge in [0.1, 0.15) is 12.4 Å². The maximum absolute atomic E-state index is 13.8. The molecule has 0 spiro atoms. The van der Waals surface area contributed by atoms with Crippen molar-refractivity contribution in [2.75, 3.05) is 6.54 Å². The molecule has 0 atom stereocenters. The average Bonchev–Trinajstić information content (AvgIpc) is 3.21. The van der Waals surface area contributed by atoms with Crippen molar-refractivity contribution in [3.63, 3.8) is 0 Å². The summed E-state index contributed by atoms with van der Waals surface area (Å²) in [6.45, 7) is 3.42. The van der Waals surface area contributed by atoms with Gasteiger partial charge in [0, 0.05) is 32.0 Å². The minimum atomic E-state index is 0.0626. The van der Waals surface area contributed by atoms with Crippen LogP contribution in [0.1, 0.15) is 63.3 Å². The Morgan fingerprint density at radius 2 is 1.76 bits per heavy atom. The van der Waals surface area contributed by atoms with Gasteiger partial charge in [-0.1, -0.05) is 68.7 Å². The lowest BCUT2D eigenvalue weighted by Crippen LogP contribution is -2.42. The standard InChI is InChI=1S/C28H36N4O2/c1-2-11-27(33)29-19-18-26-30-24-16-9-10-17-25(24)32(26)21-28(34)31(23-14-7-4-8-15-23)20-22-12-5-3-6-13-22/h3,5-6,9-10,12-13,16-17,23H,2,4,7-8,11,14-15,18-21H2,1H3,(H,29,33). The second-order valence-electron chi connectivity index (χ2n) is 9.25. The highest BCUT2D eigenvalue weighted by Crippen LogP contribution is 2.25. The molecule has 1 fully saturated rings. The number of imidazole rings is 1. The fraction of sp³-hybridized carbons (Fsp3) is 0.464. The largest absolute Gasteiger partial charge is 0.356 e. The molecule has 0 bridgehead atoms. The molecular formula is C28H36N4O2. The molecule has 0 unspecified atom stereocenters. The third-order valence-corrected chi connectivity index (χ3v) is 6.71. The molecule has 3 aromatic rings. The van der Waals surface area contributed by atoms with Crippen LogP contribution in [0.3, 0.4) is 0 Å². The van der Waals surface area contributed by atoms with E-state index < -0.39 is 0 Å². The Hall–Kier alpha value is -3.15. The van der Waals surface area contributed by atoms with Crippen LogP contribution in [-0.4, -0.2) is 38.9 Å². The second-order valence-corrected chi connectivity index (χ2v) is 9.25. The SMILES string of the molecule is CCCC(=O)NCCc1nc2ccccc2n1CC(=O)N(Cc1ccccc1)C1CCCCC1. The zero-order chi connectivity index (χ0) is 23.8. The molecule has 1 aliphatic rings. The summed E-state index contributed by atoms with van der Waals surface area (Å²) in [4.78, 5) is 32.6. The molecule has 34 heavy (non-hydrogen) atoms. The van der Waals surface area contributed by atoms with E-state index in [9.17, 15) is 9.59 Å². The number of hydrogen-bond donors (Lipinski definition) is 1. The van der Waals surface area contributed by atoms with Crippen molar-refractivity contribution < 1.29 is 9.59 Å². The van der Waals surface area contributed by atoms with Crippen molar-refractivity contribution in [1.82, 2.24) is 19.8 Å². The molecular weight excluding hydrogens is 424 g/mol. The number of para-hydroxylation sites is 2. The number of hydrogen-bond acceptors (Lipinski definition) is 3. The van der Waals surface area contributed by atoms with Crippen molar-refractivity contribution >= 4 is 22.8 Å². The summed E-state index contributed by atoms with van der Waals surface area (Å²) in [6.07, 6.45) is 7.71. The number of rotatable bonds is 10. The van der Waals surface area contributed by atoms with Gasteiger partial charge in [-0.3, -0.25) is 9.59 Å². The maximum atomic E-state index is 13.8. The third-order valence-electron chi connectivity index (χ3n) is 6.71. The second kappa shape index (κ2) is 11.8. The summed E-state index contributed by atoms with van der Waals surface area (Å²) < 4.78 is 2.05. The van der Waals surface area contributed by atoms with Gasteiger partial charge in [-0.25, -0.2) is 4.98 Å². The number of benzene rings is 2. The summed E-state index contributed by atoms with van der Waals surface area (Å²) >= 11 is 0. The van der Waals surface area contributed by atoms with Crippen LogP contribution in [0, 0.1) is 0 Å². The first-order valence-corrected chi connectivity index (χ1v) is 12.7. The molecule has 6 nitrogen and oxygen atoms in total. The Kier molecular flexibility index (Phi) is 8.34. The Bertz CT molecular complexity index is 1090. The zero-order valence-corrected chi connectivity index (χ0v) is 20.2. The maximum Gasteiger partial charge on any atom is 0.243 e. The molecule has 180 valence electrons. The Morgan fingerprint density at radius 3 is 2.53 bits per heavy atom. The van der Waals surface area contributed by atoms with Crippen LogP contribution in [0.25, 0.3) is 11.0 Å². The van der Waals surface area contributed by atoms with Gasteiger partial charge >= 0.3 is 0 Å². The van der Waals surface area contributed by atoms with Gasteiger partial charge in [0.25, 0.3) is 0 Å². The molecule has 6 heteroatoms. The molecule has 0 aliphatic heterocycles. The summed E-state index contributed by atoms with van der Waals surface area (Å²) in [6, 6.07) is 18.5. The highest BCUT2D eigenvalue weighted by molar-refractivity contribution is 5.81. The van der Waals surface area contributed by atoms with Crippen molar-refractivity contribution in [1.29, 1.82) is 0 Å². The van der Waals surface area contributed by atoms with Crippen LogP contribution in [0.5, 0.6) is 0 Å². The summed E-state index contributed by atoms with van der Waals surface area (Å²) in [5.41, 5.74) is 3.02. The Labute approximate surface area is 202 Å². The number of nitrogens with one attached hydrogen (secondary N) is 1. The average molecular weight is 461 g/mol. The summed E-state index contributed by atoms with van der Waals surface area (Å²) in [5.74, 6) is 1.04. The van der Waals surface area contributed by atoms with E-state index in [0.717, 1.165) is 41.7 Å². The first kappa shape index (κ1) is 24.0. The minimum Gasteiger partial charge on any atom is -0.356 e. The van der Waals surface area contributed by atoms with E-state index in [0.29, 0.717) is 25.9 Å². The minimum absolute atomic E-state index is 0.0626. The monoisotopic (exact) mass is 460 g/mol. The van der Waals surface area contributed by atoms with E-state index in [1.165, 1.54) is 19.3 Å². The van der Waals surface area contributed by atoms with Crippen LogP contribution >= 0.6 is 0 Å². The predicted octanol–water partition coefficient (Wildman–Crippen LogP) is 4.86. The highest BCUT2D eigenvalue weighted by atomic mass is 16.2. The van der Waals surface area contributed by atoms with Crippen LogP contribution in [0.2, 0.25) is 0 Å². The Balaban J connectivity index is 1.55. The lowest BCUT2D eigenvalue weighted by molar-refractivity contribution is -0.135. The van der Waals surface area contributed by atoms with Crippen molar-refractivity contribution in [2.45, 2.75) is 77.4 Å². The van der Waals surface area contributed by atoms with Gasteiger partial charge in [0.05, 0.1) is 11.0 Å².